The van der Waals surface area contributed by atoms with Crippen molar-refractivity contribution in [3.63, 3.8) is 0 Å². The Morgan fingerprint density at radius 2 is 2.07 bits per heavy atom. The molecule has 1 amide bonds. The van der Waals surface area contributed by atoms with Crippen LogP contribution < -0.4 is 26.6 Å². The number of fused-ring (bicyclic) bond motifs is 3. The summed E-state index contributed by atoms with van der Waals surface area (Å²) in [6.07, 6.45) is 6.95. The molecule has 0 aromatic heterocycles. The summed E-state index contributed by atoms with van der Waals surface area (Å²) in [7, 11) is 1.65. The highest BCUT2D eigenvalue weighted by Crippen LogP contribution is 2.33. The van der Waals surface area contributed by atoms with Crippen LogP contribution in [0.2, 0.25) is 0 Å². The van der Waals surface area contributed by atoms with Gasteiger partial charge in [0.2, 0.25) is 5.91 Å². The van der Waals surface area contributed by atoms with E-state index >= 15 is 0 Å². The van der Waals surface area contributed by atoms with Crippen LogP contribution in [-0.2, 0) is 16.0 Å². The third kappa shape index (κ3) is 4.53. The fourth-order valence-corrected chi connectivity index (χ4v) is 4.44. The number of carbonyl (C=O) groups excluding carboxylic acids is 1. The normalized spacial score (nSPS) is 26.4. The summed E-state index contributed by atoms with van der Waals surface area (Å²) in [4.78, 5) is 12.7. The molecule has 4 N–H and O–H groups in total. The fraction of sp³-hybridized carbons (Fsp3) is 0.524. The third-order valence-electron chi connectivity index (χ3n) is 5.99. The molecule has 2 atom stereocenters. The Kier molecular flexibility index (Phi) is 6.00. The summed E-state index contributed by atoms with van der Waals surface area (Å²) in [6, 6.07) is 9.94. The molecule has 2 bridgehead atoms. The molecule has 0 spiro atoms. The predicted molar refractivity (Wildman–Crippen MR) is 109 cm³/mol. The van der Waals surface area contributed by atoms with E-state index in [-0.39, 0.29) is 11.9 Å². The number of hydrogen-bond acceptors (Lipinski definition) is 7. The number of carbonyl (C=O) groups is 1. The number of benzene rings is 1. The van der Waals surface area contributed by atoms with Gasteiger partial charge >= 0.3 is 0 Å². The lowest BCUT2D eigenvalue weighted by molar-refractivity contribution is -0.127. The monoisotopic (exact) mass is 396 g/mol. The number of methoxy groups -OCH3 is 1. The van der Waals surface area contributed by atoms with E-state index in [1.165, 1.54) is 0 Å². The summed E-state index contributed by atoms with van der Waals surface area (Å²) in [5.74, 6) is 0.363. The summed E-state index contributed by atoms with van der Waals surface area (Å²) in [5, 5.41) is 17.8. The highest BCUT2D eigenvalue weighted by atomic mass is 16.5. The van der Waals surface area contributed by atoms with E-state index in [2.05, 4.69) is 27.7 Å². The van der Waals surface area contributed by atoms with Crippen LogP contribution in [-0.4, -0.2) is 37.7 Å². The van der Waals surface area contributed by atoms with Crippen LogP contribution in [0.5, 0.6) is 0 Å². The number of nitrogens with zero attached hydrogens (tertiary/aromatic N) is 2. The van der Waals surface area contributed by atoms with Crippen molar-refractivity contribution >= 4 is 11.6 Å². The van der Waals surface area contributed by atoms with Crippen LogP contribution >= 0.6 is 0 Å². The van der Waals surface area contributed by atoms with Crippen molar-refractivity contribution in [3.8, 4) is 6.07 Å². The van der Waals surface area contributed by atoms with E-state index in [1.54, 1.807) is 7.11 Å². The van der Waals surface area contributed by atoms with Crippen molar-refractivity contribution in [1.29, 1.82) is 5.26 Å². The molecular weight excluding hydrogens is 368 g/mol. The number of ether oxygens (including phenoxy) is 1. The van der Waals surface area contributed by atoms with Crippen molar-refractivity contribution in [2.45, 2.75) is 50.2 Å². The Hall–Kier alpha value is -2.60. The number of hydrazine groups is 2. The molecule has 2 saturated heterocycles. The van der Waals surface area contributed by atoms with Crippen LogP contribution in [0.25, 0.3) is 0 Å². The maximum absolute atomic E-state index is 12.7. The molecule has 154 valence electrons. The molecule has 8 nitrogen and oxygen atoms in total. The molecule has 0 radical (unpaired) electrons. The average Bonchev–Trinajstić information content (AvgIpc) is 3.23. The Labute approximate surface area is 171 Å². The second kappa shape index (κ2) is 8.82. The van der Waals surface area contributed by atoms with Gasteiger partial charge in [0.15, 0.2) is 0 Å². The van der Waals surface area contributed by atoms with Crippen LogP contribution in [0.15, 0.2) is 36.2 Å². The zero-order valence-corrected chi connectivity index (χ0v) is 16.6. The first-order valence-electron chi connectivity index (χ1n) is 10.2. The standard InChI is InChI=1S/C21H28N6O2/c1-29-13-18-12-27(26-25-18)19-8-2-14(3-9-19)10-17(11-22)24-21(28)20-15-4-6-16(23-20)7-5-15/h2-3,8-9,12,15-17,20,23,25-26H,4-7,10,13H2,1H3,(H,24,28)/t15?,16?,17-,20-/m0/s1. The average molecular weight is 396 g/mol. The quantitative estimate of drug-likeness (QED) is 0.547. The molecule has 3 heterocycles. The number of nitrogens with one attached hydrogen (secondary N) is 4. The molecule has 1 aromatic rings. The van der Waals surface area contributed by atoms with Gasteiger partial charge in [0.05, 0.1) is 30.1 Å². The number of rotatable bonds is 7. The number of hydrogen-bond donors (Lipinski definition) is 4. The molecular formula is C21H28N6O2. The maximum atomic E-state index is 12.7. The van der Waals surface area contributed by atoms with Gasteiger partial charge in [-0.1, -0.05) is 12.1 Å². The van der Waals surface area contributed by atoms with Gasteiger partial charge < -0.3 is 20.8 Å². The first kappa shape index (κ1) is 19.7. The van der Waals surface area contributed by atoms with Gasteiger partial charge in [-0.25, -0.2) is 0 Å². The van der Waals surface area contributed by atoms with Crippen molar-refractivity contribution in [2.75, 3.05) is 18.7 Å². The zero-order chi connectivity index (χ0) is 20.2. The van der Waals surface area contributed by atoms with E-state index in [0.717, 1.165) is 42.6 Å². The van der Waals surface area contributed by atoms with E-state index in [1.807, 2.05) is 35.5 Å². The largest absolute Gasteiger partial charge is 0.378 e. The van der Waals surface area contributed by atoms with Crippen LogP contribution in [0.4, 0.5) is 5.69 Å². The van der Waals surface area contributed by atoms with Crippen molar-refractivity contribution in [2.24, 2.45) is 5.92 Å². The molecule has 8 heteroatoms. The van der Waals surface area contributed by atoms with Crippen LogP contribution in [0, 0.1) is 17.2 Å². The minimum absolute atomic E-state index is 0.0364. The first-order chi connectivity index (χ1) is 14.2. The number of amides is 1. The van der Waals surface area contributed by atoms with E-state index < -0.39 is 6.04 Å². The molecule has 1 aromatic carbocycles. The summed E-state index contributed by atoms with van der Waals surface area (Å²) < 4.78 is 5.11. The van der Waals surface area contributed by atoms with E-state index in [0.29, 0.717) is 25.0 Å². The number of anilines is 1. The van der Waals surface area contributed by atoms with Crippen LogP contribution in [0.1, 0.15) is 31.2 Å². The van der Waals surface area contributed by atoms with Gasteiger partial charge in [-0.05, 0) is 49.3 Å². The molecule has 3 fully saturated rings. The molecule has 0 unspecified atom stereocenters. The molecule has 4 aliphatic rings. The maximum Gasteiger partial charge on any atom is 0.238 e. The van der Waals surface area contributed by atoms with Crippen LogP contribution in [0.3, 0.4) is 0 Å². The molecule has 5 rings (SSSR count). The van der Waals surface area contributed by atoms with Gasteiger partial charge in [-0.15, -0.1) is 5.53 Å². The van der Waals surface area contributed by atoms with E-state index in [4.69, 9.17) is 4.74 Å². The van der Waals surface area contributed by atoms with Gasteiger partial charge in [0.25, 0.3) is 0 Å². The Balaban J connectivity index is 1.33. The van der Waals surface area contributed by atoms with Crippen molar-refractivity contribution < 1.29 is 9.53 Å². The van der Waals surface area contributed by atoms with Crippen molar-refractivity contribution in [3.05, 3.63) is 41.7 Å². The predicted octanol–water partition coefficient (Wildman–Crippen LogP) is 1.09. The van der Waals surface area contributed by atoms with Crippen molar-refractivity contribution in [1.82, 2.24) is 21.6 Å². The highest BCUT2D eigenvalue weighted by Gasteiger charge is 2.39. The van der Waals surface area contributed by atoms with Gasteiger partial charge in [0.1, 0.15) is 6.04 Å². The number of piperidine rings is 2. The summed E-state index contributed by atoms with van der Waals surface area (Å²) in [6.45, 7) is 0.503. The second-order valence-electron chi connectivity index (χ2n) is 8.01. The first-order valence-corrected chi connectivity index (χ1v) is 10.2. The zero-order valence-electron chi connectivity index (χ0n) is 16.6. The Bertz CT molecular complexity index is 794. The molecule has 1 saturated carbocycles. The Morgan fingerprint density at radius 3 is 2.69 bits per heavy atom. The molecule has 1 aliphatic carbocycles. The summed E-state index contributed by atoms with van der Waals surface area (Å²) >= 11 is 0. The second-order valence-corrected chi connectivity index (χ2v) is 8.01. The van der Waals surface area contributed by atoms with Gasteiger partial charge in [-0.2, -0.15) is 5.26 Å². The molecule has 3 aliphatic heterocycles. The minimum Gasteiger partial charge on any atom is -0.378 e. The SMILES string of the molecule is COCC1=CN(c2ccc(C[C@@H](C#N)NC(=O)[C@H]3NC4CCC3CC4)cc2)NN1. The highest BCUT2D eigenvalue weighted by molar-refractivity contribution is 5.83. The third-order valence-corrected chi connectivity index (χ3v) is 5.99. The molecule has 29 heavy (non-hydrogen) atoms. The lowest BCUT2D eigenvalue weighted by Gasteiger charge is -2.42. The fourth-order valence-electron chi connectivity index (χ4n) is 4.44. The topological polar surface area (TPSA) is 101 Å². The van der Waals surface area contributed by atoms with E-state index in [9.17, 15) is 10.1 Å². The summed E-state index contributed by atoms with van der Waals surface area (Å²) in [5.41, 5.74) is 9.00. The lowest BCUT2D eigenvalue weighted by Crippen LogP contribution is -2.59. The smallest absolute Gasteiger partial charge is 0.238 e. The minimum atomic E-state index is -0.532. The van der Waals surface area contributed by atoms with Gasteiger partial charge in [-0.3, -0.25) is 9.80 Å². The van der Waals surface area contributed by atoms with Gasteiger partial charge in [0, 0.05) is 25.8 Å². The number of nitriles is 1. The Morgan fingerprint density at radius 1 is 1.31 bits per heavy atom. The lowest BCUT2D eigenvalue weighted by atomic mass is 9.76.